The van der Waals surface area contributed by atoms with Crippen molar-refractivity contribution in [1.29, 1.82) is 0 Å². The highest BCUT2D eigenvalue weighted by Gasteiger charge is 2.30. The number of nitrogens with one attached hydrogen (secondary N) is 1. The van der Waals surface area contributed by atoms with E-state index in [-0.39, 0.29) is 11.8 Å². The molecule has 1 atom stereocenters. The van der Waals surface area contributed by atoms with Crippen LogP contribution < -0.4 is 5.32 Å². The third kappa shape index (κ3) is 4.35. The third-order valence-corrected chi connectivity index (χ3v) is 4.53. The monoisotopic (exact) mass is 323 g/mol. The summed E-state index contributed by atoms with van der Waals surface area (Å²) in [6.45, 7) is 8.10. The molecule has 0 bridgehead atoms. The van der Waals surface area contributed by atoms with E-state index < -0.39 is 11.5 Å². The van der Waals surface area contributed by atoms with Gasteiger partial charge in [-0.1, -0.05) is 50.9 Å². The zero-order valence-electron chi connectivity index (χ0n) is 11.5. The molecule has 0 aliphatic carbocycles. The minimum absolute atomic E-state index is 0.131. The lowest BCUT2D eigenvalue weighted by atomic mass is 9.80. The lowest BCUT2D eigenvalue weighted by molar-refractivity contribution is 0.0138. The SMILES string of the molecule is CC(C)C(O)C(C)(C)CNC(=O)c1cc(Cl)sc1Cl. The summed E-state index contributed by atoms with van der Waals surface area (Å²) < 4.78 is 0.862. The van der Waals surface area contributed by atoms with E-state index >= 15 is 0 Å². The molecule has 0 radical (unpaired) electrons. The van der Waals surface area contributed by atoms with Crippen molar-refractivity contribution in [1.82, 2.24) is 5.32 Å². The van der Waals surface area contributed by atoms with Crippen LogP contribution in [0.15, 0.2) is 6.07 Å². The van der Waals surface area contributed by atoms with Crippen LogP contribution >= 0.6 is 34.5 Å². The first-order valence-corrected chi connectivity index (χ1v) is 7.63. The molecular formula is C13H19Cl2NO2S. The van der Waals surface area contributed by atoms with Gasteiger partial charge < -0.3 is 10.4 Å². The molecule has 1 rings (SSSR count). The molecule has 1 unspecified atom stereocenters. The molecule has 2 N–H and O–H groups in total. The number of hydrogen-bond donors (Lipinski definition) is 2. The highest BCUT2D eigenvalue weighted by Crippen LogP contribution is 2.31. The Hall–Kier alpha value is -0.290. The van der Waals surface area contributed by atoms with Gasteiger partial charge in [0.1, 0.15) is 4.34 Å². The van der Waals surface area contributed by atoms with Crippen molar-refractivity contribution < 1.29 is 9.90 Å². The Labute approximate surface area is 127 Å². The highest BCUT2D eigenvalue weighted by molar-refractivity contribution is 7.20. The van der Waals surface area contributed by atoms with Crippen molar-refractivity contribution in [3.8, 4) is 0 Å². The number of carbonyl (C=O) groups excluding carboxylic acids is 1. The third-order valence-electron chi connectivity index (χ3n) is 3.04. The van der Waals surface area contributed by atoms with Gasteiger partial charge in [0.05, 0.1) is 16.0 Å². The Morgan fingerprint density at radius 2 is 2.05 bits per heavy atom. The molecule has 108 valence electrons. The van der Waals surface area contributed by atoms with Crippen LogP contribution in [0, 0.1) is 11.3 Å². The van der Waals surface area contributed by atoms with E-state index in [1.54, 1.807) is 6.07 Å². The minimum atomic E-state index is -0.491. The lowest BCUT2D eigenvalue weighted by Gasteiger charge is -2.33. The van der Waals surface area contributed by atoms with Crippen LogP contribution in [0.5, 0.6) is 0 Å². The molecule has 0 aliphatic rings. The van der Waals surface area contributed by atoms with E-state index in [9.17, 15) is 9.90 Å². The molecule has 0 saturated carbocycles. The molecule has 0 spiro atoms. The zero-order valence-corrected chi connectivity index (χ0v) is 13.8. The first-order chi connectivity index (χ1) is 8.65. The minimum Gasteiger partial charge on any atom is -0.392 e. The fraction of sp³-hybridized carbons (Fsp3) is 0.615. The van der Waals surface area contributed by atoms with Gasteiger partial charge in [0.2, 0.25) is 0 Å². The van der Waals surface area contributed by atoms with Gasteiger partial charge in [-0.15, -0.1) is 11.3 Å². The lowest BCUT2D eigenvalue weighted by Crippen LogP contribution is -2.43. The summed E-state index contributed by atoms with van der Waals surface area (Å²) in [5.74, 6) is -0.136. The van der Waals surface area contributed by atoms with E-state index in [2.05, 4.69) is 5.32 Å². The van der Waals surface area contributed by atoms with Gasteiger partial charge in [0.15, 0.2) is 0 Å². The van der Waals surface area contributed by atoms with Gasteiger partial charge in [-0.05, 0) is 12.0 Å². The number of amides is 1. The van der Waals surface area contributed by atoms with Crippen LogP contribution in [0.3, 0.4) is 0 Å². The molecule has 19 heavy (non-hydrogen) atoms. The highest BCUT2D eigenvalue weighted by atomic mass is 35.5. The largest absolute Gasteiger partial charge is 0.392 e. The maximum Gasteiger partial charge on any atom is 0.253 e. The normalized spacial score (nSPS) is 13.7. The van der Waals surface area contributed by atoms with E-state index in [1.165, 1.54) is 0 Å². The van der Waals surface area contributed by atoms with Gasteiger partial charge in [-0.3, -0.25) is 4.79 Å². The molecule has 0 aliphatic heterocycles. The Morgan fingerprint density at radius 3 is 2.47 bits per heavy atom. The molecule has 0 fully saturated rings. The molecule has 1 heterocycles. The number of aliphatic hydroxyl groups excluding tert-OH is 1. The second-order valence-electron chi connectivity index (χ2n) is 5.60. The molecule has 0 aromatic carbocycles. The maximum atomic E-state index is 12.0. The van der Waals surface area contributed by atoms with E-state index in [0.29, 0.717) is 20.8 Å². The molecule has 1 amide bonds. The van der Waals surface area contributed by atoms with Gasteiger partial charge in [-0.25, -0.2) is 0 Å². The summed E-state index contributed by atoms with van der Waals surface area (Å²) in [6.07, 6.45) is -0.491. The average molecular weight is 324 g/mol. The molecular weight excluding hydrogens is 305 g/mol. The second-order valence-corrected chi connectivity index (χ2v) is 7.88. The second kappa shape index (κ2) is 6.44. The van der Waals surface area contributed by atoms with Crippen molar-refractivity contribution in [2.75, 3.05) is 6.54 Å². The fourth-order valence-corrected chi connectivity index (χ4v) is 3.36. The summed E-state index contributed by atoms with van der Waals surface area (Å²) in [7, 11) is 0. The van der Waals surface area contributed by atoms with E-state index in [4.69, 9.17) is 23.2 Å². The van der Waals surface area contributed by atoms with Gasteiger partial charge in [0, 0.05) is 12.0 Å². The van der Waals surface area contributed by atoms with E-state index in [1.807, 2.05) is 27.7 Å². The summed E-state index contributed by atoms with van der Waals surface area (Å²) in [5, 5.41) is 12.9. The van der Waals surface area contributed by atoms with E-state index in [0.717, 1.165) is 11.3 Å². The molecule has 0 saturated heterocycles. The van der Waals surface area contributed by atoms with Crippen molar-refractivity contribution in [3.05, 3.63) is 20.3 Å². The quantitative estimate of drug-likeness (QED) is 0.865. The summed E-state index contributed by atoms with van der Waals surface area (Å²) in [6, 6.07) is 1.55. The van der Waals surface area contributed by atoms with Crippen molar-refractivity contribution in [3.63, 3.8) is 0 Å². The van der Waals surface area contributed by atoms with Gasteiger partial charge in [0.25, 0.3) is 5.91 Å². The van der Waals surface area contributed by atoms with Crippen molar-refractivity contribution >= 4 is 40.4 Å². The van der Waals surface area contributed by atoms with Crippen LogP contribution in [0.1, 0.15) is 38.1 Å². The predicted octanol–water partition coefficient (Wildman–Crippen LogP) is 3.83. The number of carbonyl (C=O) groups is 1. The topological polar surface area (TPSA) is 49.3 Å². The number of hydrogen-bond acceptors (Lipinski definition) is 3. The zero-order chi connectivity index (χ0) is 14.8. The average Bonchev–Trinajstić information content (AvgIpc) is 2.64. The molecule has 6 heteroatoms. The Kier molecular flexibility index (Phi) is 5.68. The molecule has 1 aromatic heterocycles. The first-order valence-electron chi connectivity index (χ1n) is 6.06. The number of halogens is 2. The number of aliphatic hydroxyl groups is 1. The summed E-state index contributed by atoms with van der Waals surface area (Å²) in [4.78, 5) is 12.0. The Balaban J connectivity index is 2.67. The Morgan fingerprint density at radius 1 is 1.47 bits per heavy atom. The molecule has 1 aromatic rings. The molecule has 3 nitrogen and oxygen atoms in total. The smallest absolute Gasteiger partial charge is 0.253 e. The van der Waals surface area contributed by atoms with Crippen molar-refractivity contribution in [2.45, 2.75) is 33.8 Å². The predicted molar refractivity (Wildman–Crippen MR) is 81.3 cm³/mol. The summed E-state index contributed by atoms with van der Waals surface area (Å²) in [5.41, 5.74) is -0.0256. The van der Waals surface area contributed by atoms with Crippen LogP contribution in [-0.2, 0) is 0 Å². The van der Waals surface area contributed by atoms with Gasteiger partial charge >= 0.3 is 0 Å². The van der Waals surface area contributed by atoms with Gasteiger partial charge in [-0.2, -0.15) is 0 Å². The number of rotatable bonds is 5. The summed E-state index contributed by atoms with van der Waals surface area (Å²) >= 11 is 12.9. The van der Waals surface area contributed by atoms with Crippen molar-refractivity contribution in [2.24, 2.45) is 11.3 Å². The van der Waals surface area contributed by atoms with Crippen LogP contribution in [-0.4, -0.2) is 23.7 Å². The standard InChI is InChI=1S/C13H19Cl2NO2S/c1-7(2)10(17)13(3,4)6-16-12(18)8-5-9(14)19-11(8)15/h5,7,10,17H,6H2,1-4H3,(H,16,18). The van der Waals surface area contributed by atoms with Crippen LogP contribution in [0.2, 0.25) is 8.67 Å². The first kappa shape index (κ1) is 16.8. The van der Waals surface area contributed by atoms with Crippen LogP contribution in [0.25, 0.3) is 0 Å². The van der Waals surface area contributed by atoms with Crippen LogP contribution in [0.4, 0.5) is 0 Å². The number of thiophene rings is 1. The maximum absolute atomic E-state index is 12.0. The fourth-order valence-electron chi connectivity index (χ4n) is 1.91. The Bertz CT molecular complexity index is 457.